The average Bonchev–Trinajstić information content (AvgIpc) is 3.16. The number of pyridine rings is 2. The van der Waals surface area contributed by atoms with Gasteiger partial charge in [0, 0.05) is 35.0 Å². The lowest BCUT2D eigenvalue weighted by Crippen LogP contribution is -2.22. The van der Waals surface area contributed by atoms with Gasteiger partial charge in [0.15, 0.2) is 5.13 Å². The Morgan fingerprint density at radius 3 is 2.47 bits per heavy atom. The van der Waals surface area contributed by atoms with Crippen LogP contribution in [-0.2, 0) is 6.54 Å². The van der Waals surface area contributed by atoms with Crippen molar-refractivity contribution in [2.75, 3.05) is 5.32 Å². The summed E-state index contributed by atoms with van der Waals surface area (Å²) < 4.78 is 28.0. The fourth-order valence-corrected chi connectivity index (χ4v) is 3.97. The fourth-order valence-electron chi connectivity index (χ4n) is 3.27. The first-order valence-electron chi connectivity index (χ1n) is 9.65. The molecular formula is C23H18F2N4O2S. The number of nitrogens with one attached hydrogen (secondary N) is 1. The standard InChI is InChI=1S/C23H18F2N4O2S/c1-13-5-14(2)26-19(6-13)20-12-32-23(27-20)28-22(31)16-3-4-29(21(30)9-16)11-15-7-17(24)10-18(25)8-15/h3-10,12H,11H2,1-2H3,(H,27,28,31). The minimum Gasteiger partial charge on any atom is -0.311 e. The zero-order valence-electron chi connectivity index (χ0n) is 17.2. The van der Waals surface area contributed by atoms with Gasteiger partial charge >= 0.3 is 0 Å². The zero-order chi connectivity index (χ0) is 22.8. The number of hydrogen-bond acceptors (Lipinski definition) is 5. The van der Waals surface area contributed by atoms with Crippen molar-refractivity contribution in [1.82, 2.24) is 14.5 Å². The SMILES string of the molecule is Cc1cc(C)nc(-c2csc(NC(=O)c3ccn(Cc4cc(F)cc(F)c4)c(=O)c3)n2)c1. The topological polar surface area (TPSA) is 76.9 Å². The smallest absolute Gasteiger partial charge is 0.257 e. The van der Waals surface area contributed by atoms with Crippen LogP contribution < -0.4 is 10.9 Å². The van der Waals surface area contributed by atoms with Gasteiger partial charge in [0.2, 0.25) is 0 Å². The predicted octanol–water partition coefficient (Wildman–Crippen LogP) is 4.56. The highest BCUT2D eigenvalue weighted by Gasteiger charge is 2.13. The number of nitrogens with zero attached hydrogens (tertiary/aromatic N) is 3. The van der Waals surface area contributed by atoms with Crippen molar-refractivity contribution in [2.24, 2.45) is 0 Å². The number of halogens is 2. The molecule has 6 nitrogen and oxygen atoms in total. The Hall–Kier alpha value is -3.72. The van der Waals surface area contributed by atoms with Crippen molar-refractivity contribution in [3.05, 3.63) is 98.4 Å². The van der Waals surface area contributed by atoms with Crippen LogP contribution in [0.5, 0.6) is 0 Å². The van der Waals surface area contributed by atoms with Gasteiger partial charge in [-0.05, 0) is 55.3 Å². The van der Waals surface area contributed by atoms with Gasteiger partial charge in [-0.1, -0.05) is 0 Å². The predicted molar refractivity (Wildman–Crippen MR) is 119 cm³/mol. The minimum atomic E-state index is -0.720. The molecular weight excluding hydrogens is 434 g/mol. The van der Waals surface area contributed by atoms with E-state index < -0.39 is 23.1 Å². The summed E-state index contributed by atoms with van der Waals surface area (Å²) >= 11 is 1.25. The van der Waals surface area contributed by atoms with Crippen LogP contribution in [0.15, 0.2) is 58.8 Å². The summed E-state index contributed by atoms with van der Waals surface area (Å²) in [5.41, 5.74) is 3.29. The van der Waals surface area contributed by atoms with E-state index >= 15 is 0 Å². The van der Waals surface area contributed by atoms with Crippen LogP contribution in [0.3, 0.4) is 0 Å². The van der Waals surface area contributed by atoms with E-state index in [1.54, 1.807) is 5.38 Å². The molecule has 4 rings (SSSR count). The molecule has 1 aromatic carbocycles. The summed E-state index contributed by atoms with van der Waals surface area (Å²) in [5, 5.41) is 4.86. The number of hydrogen-bond donors (Lipinski definition) is 1. The monoisotopic (exact) mass is 452 g/mol. The fraction of sp³-hybridized carbons (Fsp3) is 0.130. The molecule has 0 aliphatic heterocycles. The van der Waals surface area contributed by atoms with E-state index in [4.69, 9.17) is 0 Å². The normalized spacial score (nSPS) is 10.9. The van der Waals surface area contributed by atoms with Gasteiger partial charge in [-0.2, -0.15) is 0 Å². The minimum absolute atomic E-state index is 0.0197. The number of anilines is 1. The van der Waals surface area contributed by atoms with Crippen LogP contribution in [0.1, 0.15) is 27.2 Å². The first-order valence-corrected chi connectivity index (χ1v) is 10.5. The van der Waals surface area contributed by atoms with Gasteiger partial charge in [-0.25, -0.2) is 13.8 Å². The third-order valence-corrected chi connectivity index (χ3v) is 5.38. The molecule has 0 saturated carbocycles. The van der Waals surface area contributed by atoms with Gasteiger partial charge in [0.05, 0.1) is 12.2 Å². The van der Waals surface area contributed by atoms with Crippen molar-refractivity contribution in [3.63, 3.8) is 0 Å². The molecule has 0 atom stereocenters. The molecule has 3 heterocycles. The number of aryl methyl sites for hydroxylation is 2. The maximum atomic E-state index is 13.4. The van der Waals surface area contributed by atoms with Gasteiger partial charge in [-0.15, -0.1) is 11.3 Å². The molecule has 3 aromatic heterocycles. The number of rotatable bonds is 5. The highest BCUT2D eigenvalue weighted by Crippen LogP contribution is 2.25. The van der Waals surface area contributed by atoms with Gasteiger partial charge in [0.1, 0.15) is 17.3 Å². The Labute approximate surface area is 186 Å². The molecule has 1 amide bonds. The third kappa shape index (κ3) is 4.94. The summed E-state index contributed by atoms with van der Waals surface area (Å²) in [6.07, 6.45) is 1.41. The largest absolute Gasteiger partial charge is 0.311 e. The van der Waals surface area contributed by atoms with E-state index in [2.05, 4.69) is 15.3 Å². The van der Waals surface area contributed by atoms with Crippen molar-refractivity contribution in [2.45, 2.75) is 20.4 Å². The van der Waals surface area contributed by atoms with E-state index in [1.807, 2.05) is 26.0 Å². The van der Waals surface area contributed by atoms with Crippen molar-refractivity contribution in [1.29, 1.82) is 0 Å². The van der Waals surface area contributed by atoms with E-state index in [-0.39, 0.29) is 12.1 Å². The number of carbonyl (C=O) groups excluding carboxylic acids is 1. The Kier molecular flexibility index (Phi) is 5.91. The number of carbonyl (C=O) groups is 1. The second kappa shape index (κ2) is 8.80. The highest BCUT2D eigenvalue weighted by atomic mass is 32.1. The van der Waals surface area contributed by atoms with Crippen molar-refractivity contribution >= 4 is 22.4 Å². The Morgan fingerprint density at radius 1 is 1.03 bits per heavy atom. The molecule has 9 heteroatoms. The Bertz CT molecular complexity index is 1340. The molecule has 0 bridgehead atoms. The molecule has 32 heavy (non-hydrogen) atoms. The molecule has 0 spiro atoms. The van der Waals surface area contributed by atoms with E-state index in [0.717, 1.165) is 35.2 Å². The molecule has 0 aliphatic rings. The highest BCUT2D eigenvalue weighted by molar-refractivity contribution is 7.14. The summed E-state index contributed by atoms with van der Waals surface area (Å²) in [6, 6.07) is 9.59. The number of benzene rings is 1. The molecule has 0 saturated heterocycles. The molecule has 1 N–H and O–H groups in total. The first-order chi connectivity index (χ1) is 15.3. The molecule has 162 valence electrons. The van der Waals surface area contributed by atoms with Gasteiger partial charge < -0.3 is 4.57 Å². The molecule has 0 radical (unpaired) electrons. The molecule has 0 aliphatic carbocycles. The van der Waals surface area contributed by atoms with Crippen LogP contribution in [0.4, 0.5) is 13.9 Å². The average molecular weight is 452 g/mol. The van der Waals surface area contributed by atoms with Crippen LogP contribution in [0, 0.1) is 25.5 Å². The second-order valence-corrected chi connectivity index (χ2v) is 8.18. The summed E-state index contributed by atoms with van der Waals surface area (Å²) in [4.78, 5) is 33.8. The van der Waals surface area contributed by atoms with Crippen LogP contribution in [0.2, 0.25) is 0 Å². The summed E-state index contributed by atoms with van der Waals surface area (Å²) in [7, 11) is 0. The maximum absolute atomic E-state index is 13.4. The summed E-state index contributed by atoms with van der Waals surface area (Å²) in [6.45, 7) is 3.85. The first kappa shape index (κ1) is 21.5. The molecule has 4 aromatic rings. The Morgan fingerprint density at radius 2 is 1.78 bits per heavy atom. The van der Waals surface area contributed by atoms with Gasteiger partial charge in [-0.3, -0.25) is 19.9 Å². The van der Waals surface area contributed by atoms with E-state index in [9.17, 15) is 18.4 Å². The number of aromatic nitrogens is 3. The number of thiazole rings is 1. The van der Waals surface area contributed by atoms with E-state index in [0.29, 0.717) is 16.4 Å². The molecule has 0 unspecified atom stereocenters. The lowest BCUT2D eigenvalue weighted by molar-refractivity contribution is 0.102. The maximum Gasteiger partial charge on any atom is 0.257 e. The zero-order valence-corrected chi connectivity index (χ0v) is 18.0. The van der Waals surface area contributed by atoms with Gasteiger partial charge in [0.25, 0.3) is 11.5 Å². The van der Waals surface area contributed by atoms with Crippen molar-refractivity contribution in [3.8, 4) is 11.4 Å². The lowest BCUT2D eigenvalue weighted by Gasteiger charge is -2.08. The van der Waals surface area contributed by atoms with E-state index in [1.165, 1.54) is 34.2 Å². The van der Waals surface area contributed by atoms with Crippen LogP contribution in [-0.4, -0.2) is 20.4 Å². The number of amides is 1. The van der Waals surface area contributed by atoms with Crippen molar-refractivity contribution < 1.29 is 13.6 Å². The lowest BCUT2D eigenvalue weighted by atomic mass is 10.2. The van der Waals surface area contributed by atoms with Crippen LogP contribution in [0.25, 0.3) is 11.4 Å². The second-order valence-electron chi connectivity index (χ2n) is 7.32. The third-order valence-electron chi connectivity index (χ3n) is 4.62. The summed E-state index contributed by atoms with van der Waals surface area (Å²) in [5.74, 6) is -1.92. The molecule has 0 fully saturated rings. The Balaban J connectivity index is 1.49. The quantitative estimate of drug-likeness (QED) is 0.482. The van der Waals surface area contributed by atoms with Crippen LogP contribution >= 0.6 is 11.3 Å².